The van der Waals surface area contributed by atoms with Crippen LogP contribution in [0.4, 0.5) is 0 Å². The van der Waals surface area contributed by atoms with Gasteiger partial charge < -0.3 is 14.8 Å². The first-order chi connectivity index (χ1) is 9.26. The number of unbranched alkanes of at least 4 members (excludes halogenated alkanes) is 1. The molecule has 0 aliphatic carbocycles. The summed E-state index contributed by atoms with van der Waals surface area (Å²) in [5.74, 6) is 1.39. The van der Waals surface area contributed by atoms with Gasteiger partial charge in [-0.25, -0.2) is 0 Å². The van der Waals surface area contributed by atoms with Crippen molar-refractivity contribution in [3.05, 3.63) is 23.8 Å². The van der Waals surface area contributed by atoms with Crippen LogP contribution in [-0.4, -0.2) is 32.6 Å². The van der Waals surface area contributed by atoms with Crippen LogP contribution in [0.5, 0.6) is 11.5 Å². The number of ether oxygens (including phenoxy) is 2. The fourth-order valence-corrected chi connectivity index (χ4v) is 2.17. The van der Waals surface area contributed by atoms with Crippen LogP contribution >= 0.6 is 0 Å². The van der Waals surface area contributed by atoms with E-state index in [1.165, 1.54) is 0 Å². The number of nitrogens with one attached hydrogen (secondary N) is 1. The summed E-state index contributed by atoms with van der Waals surface area (Å²) in [4.78, 5) is 12.4. The third kappa shape index (κ3) is 3.26. The monoisotopic (exact) mass is 263 g/mol. The molecule has 0 saturated heterocycles. The lowest BCUT2D eigenvalue weighted by atomic mass is 9.95. The molecule has 4 heteroatoms. The average Bonchev–Trinajstić information content (AvgIpc) is 2.45. The Labute approximate surface area is 114 Å². The summed E-state index contributed by atoms with van der Waals surface area (Å²) in [5, 5.41) is 3.31. The van der Waals surface area contributed by atoms with Crippen LogP contribution in [0.15, 0.2) is 18.2 Å². The summed E-state index contributed by atoms with van der Waals surface area (Å²) in [6.07, 6.45) is 2.29. The Morgan fingerprint density at radius 3 is 3.05 bits per heavy atom. The third-order valence-electron chi connectivity index (χ3n) is 3.36. The average molecular weight is 263 g/mol. The van der Waals surface area contributed by atoms with Gasteiger partial charge in [0.25, 0.3) is 0 Å². The van der Waals surface area contributed by atoms with Gasteiger partial charge in [-0.3, -0.25) is 4.79 Å². The van der Waals surface area contributed by atoms with E-state index < -0.39 is 0 Å². The van der Waals surface area contributed by atoms with Crippen LogP contribution in [0.1, 0.15) is 30.1 Å². The highest BCUT2D eigenvalue weighted by Crippen LogP contribution is 2.30. The van der Waals surface area contributed by atoms with E-state index in [-0.39, 0.29) is 11.7 Å². The van der Waals surface area contributed by atoms with Crippen molar-refractivity contribution in [2.45, 2.75) is 19.8 Å². The summed E-state index contributed by atoms with van der Waals surface area (Å²) >= 11 is 0. The van der Waals surface area contributed by atoms with Crippen LogP contribution in [0, 0.1) is 5.92 Å². The van der Waals surface area contributed by atoms with Crippen molar-refractivity contribution >= 4 is 5.78 Å². The maximum Gasteiger partial charge on any atom is 0.174 e. The molecule has 0 saturated carbocycles. The lowest BCUT2D eigenvalue weighted by Gasteiger charge is -2.24. The van der Waals surface area contributed by atoms with E-state index in [2.05, 4.69) is 12.2 Å². The fourth-order valence-electron chi connectivity index (χ4n) is 2.17. The van der Waals surface area contributed by atoms with Crippen molar-refractivity contribution in [2.75, 3.05) is 26.8 Å². The molecule has 1 aromatic rings. The predicted molar refractivity (Wildman–Crippen MR) is 74.1 cm³/mol. The van der Waals surface area contributed by atoms with Crippen molar-refractivity contribution < 1.29 is 14.3 Å². The highest BCUT2D eigenvalue weighted by Gasteiger charge is 2.28. The van der Waals surface area contributed by atoms with E-state index in [0.717, 1.165) is 19.4 Å². The Kier molecular flexibility index (Phi) is 4.80. The second-order valence-corrected chi connectivity index (χ2v) is 4.79. The SMILES string of the molecule is CCCCNC[C@@H]1COc2ccc(OC)cc2C1=O. The molecule has 19 heavy (non-hydrogen) atoms. The number of benzene rings is 1. The number of fused-ring (bicyclic) bond motifs is 1. The molecule has 104 valence electrons. The topological polar surface area (TPSA) is 47.6 Å². The number of hydrogen-bond donors (Lipinski definition) is 1. The molecule has 0 radical (unpaired) electrons. The molecule has 0 amide bonds. The van der Waals surface area contributed by atoms with Crippen LogP contribution in [0.2, 0.25) is 0 Å². The van der Waals surface area contributed by atoms with E-state index >= 15 is 0 Å². The molecule has 0 unspecified atom stereocenters. The minimum absolute atomic E-state index is 0.100. The maximum atomic E-state index is 12.4. The van der Waals surface area contributed by atoms with Gasteiger partial charge in [-0.1, -0.05) is 13.3 Å². The van der Waals surface area contributed by atoms with Gasteiger partial charge in [0.05, 0.1) is 25.2 Å². The van der Waals surface area contributed by atoms with Gasteiger partial charge in [-0.15, -0.1) is 0 Å². The lowest BCUT2D eigenvalue weighted by Crippen LogP contribution is -2.36. The fraction of sp³-hybridized carbons (Fsp3) is 0.533. The Hall–Kier alpha value is -1.55. The smallest absolute Gasteiger partial charge is 0.174 e. The Balaban J connectivity index is 2.01. The molecule has 4 nitrogen and oxygen atoms in total. The number of rotatable bonds is 6. The van der Waals surface area contributed by atoms with E-state index in [0.29, 0.717) is 30.2 Å². The molecule has 1 heterocycles. The van der Waals surface area contributed by atoms with Gasteiger partial charge in [0.1, 0.15) is 11.5 Å². The first kappa shape index (κ1) is 13.9. The lowest BCUT2D eigenvalue weighted by molar-refractivity contribution is 0.0829. The second-order valence-electron chi connectivity index (χ2n) is 4.79. The van der Waals surface area contributed by atoms with E-state index in [1.807, 2.05) is 6.07 Å². The van der Waals surface area contributed by atoms with Crippen molar-refractivity contribution in [3.8, 4) is 11.5 Å². The standard InChI is InChI=1S/C15H21NO3/c1-3-4-7-16-9-11-10-19-14-6-5-12(18-2)8-13(14)15(11)17/h5-6,8,11,16H,3-4,7,9-10H2,1-2H3/t11-/m1/s1. The first-order valence-electron chi connectivity index (χ1n) is 6.82. The van der Waals surface area contributed by atoms with Crippen molar-refractivity contribution in [1.82, 2.24) is 5.32 Å². The van der Waals surface area contributed by atoms with E-state index in [9.17, 15) is 4.79 Å². The first-order valence-corrected chi connectivity index (χ1v) is 6.82. The Morgan fingerprint density at radius 1 is 1.47 bits per heavy atom. The van der Waals surface area contributed by atoms with Crippen molar-refractivity contribution in [2.24, 2.45) is 5.92 Å². The molecule has 1 aliphatic rings. The molecule has 0 aromatic heterocycles. The van der Waals surface area contributed by atoms with E-state index in [4.69, 9.17) is 9.47 Å². The number of carbonyl (C=O) groups excluding carboxylic acids is 1. The minimum atomic E-state index is -0.100. The van der Waals surface area contributed by atoms with Crippen molar-refractivity contribution in [3.63, 3.8) is 0 Å². The zero-order chi connectivity index (χ0) is 13.7. The van der Waals surface area contributed by atoms with E-state index in [1.54, 1.807) is 19.2 Å². The number of hydrogen-bond acceptors (Lipinski definition) is 4. The second kappa shape index (κ2) is 6.57. The van der Waals surface area contributed by atoms with Crippen LogP contribution in [0.3, 0.4) is 0 Å². The molecule has 1 aromatic carbocycles. The predicted octanol–water partition coefficient (Wildman–Crippen LogP) is 2.28. The molecule has 0 fully saturated rings. The highest BCUT2D eigenvalue weighted by molar-refractivity contribution is 6.01. The summed E-state index contributed by atoms with van der Waals surface area (Å²) in [6.45, 7) is 4.23. The number of Topliss-reactive ketones (excluding diaryl/α,β-unsaturated/α-hetero) is 1. The number of methoxy groups -OCH3 is 1. The van der Waals surface area contributed by atoms with Crippen LogP contribution < -0.4 is 14.8 Å². The number of ketones is 1. The minimum Gasteiger partial charge on any atom is -0.497 e. The van der Waals surface area contributed by atoms with Gasteiger partial charge >= 0.3 is 0 Å². The van der Waals surface area contributed by atoms with Gasteiger partial charge in [-0.05, 0) is 31.2 Å². The molecule has 0 spiro atoms. The zero-order valence-electron chi connectivity index (χ0n) is 11.6. The van der Waals surface area contributed by atoms with Gasteiger partial charge in [0.2, 0.25) is 0 Å². The van der Waals surface area contributed by atoms with Crippen LogP contribution in [0.25, 0.3) is 0 Å². The third-order valence-corrected chi connectivity index (χ3v) is 3.36. The molecule has 1 aliphatic heterocycles. The summed E-state index contributed by atoms with van der Waals surface area (Å²) in [7, 11) is 1.60. The Morgan fingerprint density at radius 2 is 2.32 bits per heavy atom. The largest absolute Gasteiger partial charge is 0.497 e. The molecular weight excluding hydrogens is 242 g/mol. The molecular formula is C15H21NO3. The van der Waals surface area contributed by atoms with Crippen LogP contribution in [-0.2, 0) is 0 Å². The van der Waals surface area contributed by atoms with Gasteiger partial charge in [-0.2, -0.15) is 0 Å². The quantitative estimate of drug-likeness (QED) is 0.800. The van der Waals surface area contributed by atoms with Gasteiger partial charge in [0.15, 0.2) is 5.78 Å². The Bertz CT molecular complexity index is 445. The molecule has 2 rings (SSSR count). The highest BCUT2D eigenvalue weighted by atomic mass is 16.5. The van der Waals surface area contributed by atoms with Crippen molar-refractivity contribution in [1.29, 1.82) is 0 Å². The maximum absolute atomic E-state index is 12.4. The summed E-state index contributed by atoms with van der Waals surface area (Å²) in [5.41, 5.74) is 0.632. The molecule has 1 N–H and O–H groups in total. The van der Waals surface area contributed by atoms with Gasteiger partial charge in [0, 0.05) is 6.54 Å². The molecule has 0 bridgehead atoms. The summed E-state index contributed by atoms with van der Waals surface area (Å²) < 4.78 is 10.8. The normalized spacial score (nSPS) is 17.8. The molecule has 1 atom stereocenters. The zero-order valence-corrected chi connectivity index (χ0v) is 11.6. The summed E-state index contributed by atoms with van der Waals surface area (Å²) in [6, 6.07) is 5.37. The number of carbonyl (C=O) groups is 1.